The number of carboxylic acid groups (broad SMARTS) is 1. The quantitative estimate of drug-likeness (QED) is 0.707. The van der Waals surface area contributed by atoms with E-state index in [1.165, 1.54) is 43.1 Å². The summed E-state index contributed by atoms with van der Waals surface area (Å²) in [5.74, 6) is -0.592. The van der Waals surface area contributed by atoms with Crippen LogP contribution in [0.15, 0.2) is 29.2 Å². The molecule has 0 aromatic heterocycles. The Hall–Kier alpha value is -1.58. The summed E-state index contributed by atoms with van der Waals surface area (Å²) in [5.41, 5.74) is -1.04. The maximum absolute atomic E-state index is 12.2. The minimum Gasteiger partial charge on any atom is -0.479 e. The van der Waals surface area contributed by atoms with E-state index in [2.05, 4.69) is 10.0 Å². The number of carbonyl (C=O) groups is 2. The zero-order valence-corrected chi connectivity index (χ0v) is 13.5. The predicted octanol–water partition coefficient (Wildman–Crippen LogP) is 0.285. The Bertz CT molecular complexity index is 679. The summed E-state index contributed by atoms with van der Waals surface area (Å²) in [6.07, 6.45) is 0.366. The normalized spacial score (nSPS) is 21.5. The Labute approximate surface area is 132 Å². The van der Waals surface area contributed by atoms with Crippen molar-refractivity contribution in [3.63, 3.8) is 0 Å². The largest absolute Gasteiger partial charge is 0.479 e. The van der Waals surface area contributed by atoms with E-state index in [0.717, 1.165) is 0 Å². The van der Waals surface area contributed by atoms with Crippen molar-refractivity contribution in [1.29, 1.82) is 0 Å². The summed E-state index contributed by atoms with van der Waals surface area (Å²) in [6, 6.07) is 5.32. The van der Waals surface area contributed by atoms with Crippen molar-refractivity contribution in [3.05, 3.63) is 29.8 Å². The van der Waals surface area contributed by atoms with Gasteiger partial charge in [-0.2, -0.15) is 11.8 Å². The molecule has 1 amide bonds. The van der Waals surface area contributed by atoms with Crippen molar-refractivity contribution < 1.29 is 23.1 Å². The predicted molar refractivity (Wildman–Crippen MR) is 82.5 cm³/mol. The fourth-order valence-corrected chi connectivity index (χ4v) is 4.13. The number of amides is 1. The number of hydrogen-bond donors (Lipinski definition) is 3. The first kappa shape index (κ1) is 16.8. The van der Waals surface area contributed by atoms with Crippen LogP contribution in [0.5, 0.6) is 0 Å². The molecule has 1 heterocycles. The summed E-state index contributed by atoms with van der Waals surface area (Å²) < 4.78 is 25.4. The van der Waals surface area contributed by atoms with Gasteiger partial charge < -0.3 is 10.4 Å². The first-order valence-corrected chi connectivity index (χ1v) is 9.12. The second kappa shape index (κ2) is 6.27. The minimum absolute atomic E-state index is 0.0379. The van der Waals surface area contributed by atoms with Crippen molar-refractivity contribution in [2.75, 3.05) is 18.6 Å². The highest BCUT2D eigenvalue weighted by molar-refractivity contribution is 7.99. The van der Waals surface area contributed by atoms with Crippen LogP contribution in [0.25, 0.3) is 0 Å². The van der Waals surface area contributed by atoms with Crippen molar-refractivity contribution in [1.82, 2.24) is 10.0 Å². The highest BCUT2D eigenvalue weighted by Gasteiger charge is 2.43. The molecule has 1 saturated heterocycles. The zero-order chi connectivity index (χ0) is 16.4. The number of hydrogen-bond acceptors (Lipinski definition) is 5. The molecule has 1 aliphatic heterocycles. The van der Waals surface area contributed by atoms with Crippen molar-refractivity contribution in [2.24, 2.45) is 0 Å². The van der Waals surface area contributed by atoms with Crippen LogP contribution in [-0.2, 0) is 14.8 Å². The highest BCUT2D eigenvalue weighted by atomic mass is 32.2. The standard InChI is InChI=1S/C13H16N2O5S2/c1-14-22(19,20)10-4-2-9(3-5-10)11(16)15-13(12(17)18)6-7-21-8-13/h2-5,14H,6-8H2,1H3,(H,15,16)(H,17,18). The lowest BCUT2D eigenvalue weighted by atomic mass is 9.98. The number of sulfonamides is 1. The number of carboxylic acids is 1. The average molecular weight is 344 g/mol. The van der Waals surface area contributed by atoms with Gasteiger partial charge in [0.05, 0.1) is 4.90 Å². The first-order chi connectivity index (χ1) is 10.3. The molecule has 1 fully saturated rings. The van der Waals surface area contributed by atoms with Gasteiger partial charge in [-0.3, -0.25) is 4.79 Å². The lowest BCUT2D eigenvalue weighted by Crippen LogP contribution is -2.54. The van der Waals surface area contributed by atoms with Crippen LogP contribution in [-0.4, -0.2) is 49.5 Å². The van der Waals surface area contributed by atoms with E-state index >= 15 is 0 Å². The molecule has 0 bridgehead atoms. The summed E-state index contributed by atoms with van der Waals surface area (Å²) in [5, 5.41) is 11.9. The number of aliphatic carboxylic acids is 1. The third-order valence-electron chi connectivity index (χ3n) is 3.48. The van der Waals surface area contributed by atoms with E-state index in [1.807, 2.05) is 0 Å². The molecule has 3 N–H and O–H groups in total. The number of rotatable bonds is 5. The van der Waals surface area contributed by atoms with Gasteiger partial charge in [-0.15, -0.1) is 0 Å². The zero-order valence-electron chi connectivity index (χ0n) is 11.8. The maximum Gasteiger partial charge on any atom is 0.330 e. The second-order valence-electron chi connectivity index (χ2n) is 4.88. The summed E-state index contributed by atoms with van der Waals surface area (Å²) in [4.78, 5) is 23.6. The average Bonchev–Trinajstić information content (AvgIpc) is 2.97. The lowest BCUT2D eigenvalue weighted by Gasteiger charge is -2.24. The van der Waals surface area contributed by atoms with Crippen LogP contribution in [0, 0.1) is 0 Å². The minimum atomic E-state index is -3.57. The van der Waals surface area contributed by atoms with E-state index in [4.69, 9.17) is 0 Å². The summed E-state index contributed by atoms with van der Waals surface area (Å²) in [7, 11) is -2.27. The second-order valence-corrected chi connectivity index (χ2v) is 7.87. The van der Waals surface area contributed by atoms with Crippen LogP contribution in [0.4, 0.5) is 0 Å². The lowest BCUT2D eigenvalue weighted by molar-refractivity contribution is -0.143. The van der Waals surface area contributed by atoms with E-state index in [0.29, 0.717) is 17.9 Å². The van der Waals surface area contributed by atoms with Gasteiger partial charge in [-0.05, 0) is 43.5 Å². The smallest absolute Gasteiger partial charge is 0.330 e. The Morgan fingerprint density at radius 2 is 1.91 bits per heavy atom. The van der Waals surface area contributed by atoms with E-state index in [9.17, 15) is 23.1 Å². The first-order valence-electron chi connectivity index (χ1n) is 6.48. The van der Waals surface area contributed by atoms with Gasteiger partial charge in [0.25, 0.3) is 5.91 Å². The van der Waals surface area contributed by atoms with Crippen molar-refractivity contribution in [3.8, 4) is 0 Å². The molecule has 1 aromatic carbocycles. The van der Waals surface area contributed by atoms with Gasteiger partial charge in [0, 0.05) is 11.3 Å². The summed E-state index contributed by atoms with van der Waals surface area (Å²) >= 11 is 1.47. The summed E-state index contributed by atoms with van der Waals surface area (Å²) in [6.45, 7) is 0. The molecule has 7 nitrogen and oxygen atoms in total. The Balaban J connectivity index is 2.18. The molecule has 0 aliphatic carbocycles. The van der Waals surface area contributed by atoms with Gasteiger partial charge in [-0.1, -0.05) is 0 Å². The third kappa shape index (κ3) is 3.26. The molecule has 1 aromatic rings. The van der Waals surface area contributed by atoms with Gasteiger partial charge in [0.15, 0.2) is 0 Å². The number of thioether (sulfide) groups is 1. The van der Waals surface area contributed by atoms with Crippen LogP contribution in [0.3, 0.4) is 0 Å². The molecule has 2 rings (SSSR count). The van der Waals surface area contributed by atoms with Gasteiger partial charge >= 0.3 is 5.97 Å². The van der Waals surface area contributed by atoms with Crippen molar-refractivity contribution in [2.45, 2.75) is 16.9 Å². The number of carbonyl (C=O) groups excluding carboxylic acids is 1. The highest BCUT2D eigenvalue weighted by Crippen LogP contribution is 2.28. The van der Waals surface area contributed by atoms with E-state index in [-0.39, 0.29) is 10.5 Å². The fourth-order valence-electron chi connectivity index (χ4n) is 2.08. The van der Waals surface area contributed by atoms with Gasteiger partial charge in [0.2, 0.25) is 10.0 Å². The molecule has 9 heteroatoms. The molecular weight excluding hydrogens is 328 g/mol. The number of benzene rings is 1. The van der Waals surface area contributed by atoms with Crippen LogP contribution >= 0.6 is 11.8 Å². The van der Waals surface area contributed by atoms with Crippen LogP contribution in [0.2, 0.25) is 0 Å². The van der Waals surface area contributed by atoms with Crippen molar-refractivity contribution >= 4 is 33.7 Å². The third-order valence-corrected chi connectivity index (χ3v) is 6.10. The molecule has 1 aliphatic rings. The molecule has 0 saturated carbocycles. The fraction of sp³-hybridized carbons (Fsp3) is 0.385. The Morgan fingerprint density at radius 3 is 2.36 bits per heavy atom. The van der Waals surface area contributed by atoms with E-state index < -0.39 is 27.4 Å². The molecule has 0 spiro atoms. The molecular formula is C13H16N2O5S2. The SMILES string of the molecule is CNS(=O)(=O)c1ccc(C(=O)NC2(C(=O)O)CCSC2)cc1. The molecule has 1 atom stereocenters. The topological polar surface area (TPSA) is 113 Å². The Morgan fingerprint density at radius 1 is 1.27 bits per heavy atom. The van der Waals surface area contributed by atoms with E-state index in [1.54, 1.807) is 0 Å². The number of nitrogens with one attached hydrogen (secondary N) is 2. The molecule has 1 unspecified atom stereocenters. The monoisotopic (exact) mass is 344 g/mol. The van der Waals surface area contributed by atoms with Crippen LogP contribution < -0.4 is 10.0 Å². The Kier molecular flexibility index (Phi) is 4.78. The molecule has 22 heavy (non-hydrogen) atoms. The molecule has 120 valence electrons. The maximum atomic E-state index is 12.2. The van der Waals surface area contributed by atoms with Gasteiger partial charge in [-0.25, -0.2) is 17.9 Å². The van der Waals surface area contributed by atoms with Crippen LogP contribution in [0.1, 0.15) is 16.8 Å². The van der Waals surface area contributed by atoms with Gasteiger partial charge in [0.1, 0.15) is 5.54 Å². The molecule has 0 radical (unpaired) electrons.